The van der Waals surface area contributed by atoms with Gasteiger partial charge in [-0.2, -0.15) is 0 Å². The van der Waals surface area contributed by atoms with E-state index in [1.807, 2.05) is 6.07 Å². The van der Waals surface area contributed by atoms with E-state index in [1.54, 1.807) is 25.5 Å². The lowest BCUT2D eigenvalue weighted by molar-refractivity contribution is 0.105. The molecule has 0 spiro atoms. The molecule has 0 aliphatic heterocycles. The van der Waals surface area contributed by atoms with Crippen LogP contribution in [0.2, 0.25) is 0 Å². The van der Waals surface area contributed by atoms with Crippen molar-refractivity contribution in [2.75, 3.05) is 20.1 Å². The zero-order valence-corrected chi connectivity index (χ0v) is 8.72. The predicted octanol–water partition coefficient (Wildman–Crippen LogP) is 0.609. The maximum absolute atomic E-state index is 11.3. The Bertz CT molecular complexity index is 303. The van der Waals surface area contributed by atoms with Gasteiger partial charge in [0.2, 0.25) is 0 Å². The second-order valence-corrected chi connectivity index (χ2v) is 3.13. The number of rotatable bonds is 4. The minimum absolute atomic E-state index is 0.238. The monoisotopic (exact) mass is 209 g/mol. The summed E-state index contributed by atoms with van der Waals surface area (Å²) in [7, 11) is 1.65. The molecule has 1 amide bonds. The van der Waals surface area contributed by atoms with Gasteiger partial charge in [0.25, 0.3) is 0 Å². The van der Waals surface area contributed by atoms with E-state index in [4.69, 9.17) is 10.5 Å². The van der Waals surface area contributed by atoms with Gasteiger partial charge in [0.05, 0.1) is 0 Å². The van der Waals surface area contributed by atoms with Gasteiger partial charge in [-0.05, 0) is 6.07 Å². The minimum atomic E-state index is -0.371. The molecule has 0 aliphatic rings. The number of nitrogens with two attached hydrogens (primary N) is 1. The van der Waals surface area contributed by atoms with Crippen LogP contribution in [0.4, 0.5) is 4.79 Å². The van der Waals surface area contributed by atoms with Gasteiger partial charge < -0.3 is 15.4 Å². The van der Waals surface area contributed by atoms with Crippen molar-refractivity contribution in [3.8, 4) is 0 Å². The summed E-state index contributed by atoms with van der Waals surface area (Å²) in [4.78, 5) is 16.7. The molecule has 0 bridgehead atoms. The lowest BCUT2D eigenvalue weighted by Crippen LogP contribution is -2.32. The summed E-state index contributed by atoms with van der Waals surface area (Å²) in [6.07, 6.45) is 2.96. The van der Waals surface area contributed by atoms with Crippen molar-refractivity contribution in [1.82, 2.24) is 9.88 Å². The Labute approximate surface area is 88.9 Å². The Balaban J connectivity index is 2.34. The largest absolute Gasteiger partial charge is 0.444 e. The fourth-order valence-electron chi connectivity index (χ4n) is 1.02. The van der Waals surface area contributed by atoms with E-state index < -0.39 is 0 Å². The van der Waals surface area contributed by atoms with Gasteiger partial charge in [-0.15, -0.1) is 0 Å². The van der Waals surface area contributed by atoms with Crippen LogP contribution in [-0.4, -0.2) is 36.1 Å². The number of carbonyl (C=O) groups is 1. The lowest BCUT2D eigenvalue weighted by Gasteiger charge is -2.15. The molecule has 0 saturated heterocycles. The van der Waals surface area contributed by atoms with Crippen molar-refractivity contribution >= 4 is 6.09 Å². The maximum atomic E-state index is 11.3. The van der Waals surface area contributed by atoms with Gasteiger partial charge in [0.1, 0.15) is 6.61 Å². The first-order valence-corrected chi connectivity index (χ1v) is 4.71. The SMILES string of the molecule is CN(CCN)C(=O)OCc1cccnc1. The van der Waals surface area contributed by atoms with Gasteiger partial charge in [0, 0.05) is 38.1 Å². The minimum Gasteiger partial charge on any atom is -0.444 e. The third-order valence-electron chi connectivity index (χ3n) is 1.86. The van der Waals surface area contributed by atoms with Crippen molar-refractivity contribution in [2.24, 2.45) is 5.73 Å². The molecule has 0 aliphatic carbocycles. The molecule has 1 heterocycles. The number of nitrogens with zero attached hydrogens (tertiary/aromatic N) is 2. The number of ether oxygens (including phenoxy) is 1. The summed E-state index contributed by atoms with van der Waals surface area (Å²) < 4.78 is 5.03. The molecular weight excluding hydrogens is 194 g/mol. The quantitative estimate of drug-likeness (QED) is 0.788. The number of hydrogen-bond acceptors (Lipinski definition) is 4. The van der Waals surface area contributed by atoms with E-state index in [2.05, 4.69) is 4.98 Å². The third kappa shape index (κ3) is 3.95. The first-order chi connectivity index (χ1) is 7.24. The standard InChI is InChI=1S/C10H15N3O2/c1-13(6-4-11)10(14)15-8-9-3-2-5-12-7-9/h2-3,5,7H,4,6,8,11H2,1H3. The Hall–Kier alpha value is -1.62. The summed E-state index contributed by atoms with van der Waals surface area (Å²) in [6, 6.07) is 3.65. The van der Waals surface area contributed by atoms with Crippen LogP contribution in [0.3, 0.4) is 0 Å². The summed E-state index contributed by atoms with van der Waals surface area (Å²) in [5.41, 5.74) is 6.18. The van der Waals surface area contributed by atoms with Crippen LogP contribution >= 0.6 is 0 Å². The van der Waals surface area contributed by atoms with Crippen LogP contribution in [0.5, 0.6) is 0 Å². The molecule has 1 aromatic rings. The van der Waals surface area contributed by atoms with E-state index in [0.29, 0.717) is 13.1 Å². The van der Waals surface area contributed by atoms with Gasteiger partial charge in [-0.3, -0.25) is 4.98 Å². The van der Waals surface area contributed by atoms with Crippen molar-refractivity contribution < 1.29 is 9.53 Å². The molecule has 1 aromatic heterocycles. The first-order valence-electron chi connectivity index (χ1n) is 4.71. The van der Waals surface area contributed by atoms with Crippen LogP contribution in [0.15, 0.2) is 24.5 Å². The Morgan fingerprint density at radius 1 is 1.67 bits per heavy atom. The van der Waals surface area contributed by atoms with Crippen LogP contribution in [0.1, 0.15) is 5.56 Å². The van der Waals surface area contributed by atoms with E-state index in [1.165, 1.54) is 4.90 Å². The summed E-state index contributed by atoms with van der Waals surface area (Å²) in [5.74, 6) is 0. The third-order valence-corrected chi connectivity index (χ3v) is 1.86. The van der Waals surface area contributed by atoms with Crippen molar-refractivity contribution in [3.63, 3.8) is 0 Å². The number of amides is 1. The topological polar surface area (TPSA) is 68.5 Å². The van der Waals surface area contributed by atoms with E-state index in [-0.39, 0.29) is 12.7 Å². The molecule has 0 aromatic carbocycles. The highest BCUT2D eigenvalue weighted by Gasteiger charge is 2.08. The summed E-state index contributed by atoms with van der Waals surface area (Å²) in [5, 5.41) is 0. The van der Waals surface area contributed by atoms with E-state index >= 15 is 0 Å². The zero-order chi connectivity index (χ0) is 11.1. The Morgan fingerprint density at radius 3 is 3.07 bits per heavy atom. The van der Waals surface area contributed by atoms with Crippen molar-refractivity contribution in [3.05, 3.63) is 30.1 Å². The highest BCUT2D eigenvalue weighted by atomic mass is 16.6. The molecule has 1 rings (SSSR count). The second kappa shape index (κ2) is 5.98. The average molecular weight is 209 g/mol. The van der Waals surface area contributed by atoms with Crippen LogP contribution < -0.4 is 5.73 Å². The Kier molecular flexibility index (Phi) is 4.56. The molecule has 2 N–H and O–H groups in total. The van der Waals surface area contributed by atoms with Crippen LogP contribution in [-0.2, 0) is 11.3 Å². The van der Waals surface area contributed by atoms with Gasteiger partial charge >= 0.3 is 6.09 Å². The number of carbonyl (C=O) groups excluding carboxylic acids is 1. The molecular formula is C10H15N3O2. The number of hydrogen-bond donors (Lipinski definition) is 1. The first kappa shape index (κ1) is 11.5. The Morgan fingerprint density at radius 2 is 2.47 bits per heavy atom. The lowest BCUT2D eigenvalue weighted by atomic mass is 10.3. The van der Waals surface area contributed by atoms with Crippen LogP contribution in [0, 0.1) is 0 Å². The smallest absolute Gasteiger partial charge is 0.409 e. The summed E-state index contributed by atoms with van der Waals surface area (Å²) >= 11 is 0. The van der Waals surface area contributed by atoms with Crippen molar-refractivity contribution in [2.45, 2.75) is 6.61 Å². The van der Waals surface area contributed by atoms with Crippen molar-refractivity contribution in [1.29, 1.82) is 0 Å². The van der Waals surface area contributed by atoms with Gasteiger partial charge in [0.15, 0.2) is 0 Å². The molecule has 82 valence electrons. The highest BCUT2D eigenvalue weighted by molar-refractivity contribution is 5.67. The molecule has 0 unspecified atom stereocenters. The number of likely N-dealkylation sites (N-methyl/N-ethyl adjacent to an activating group) is 1. The maximum Gasteiger partial charge on any atom is 0.409 e. The molecule has 0 radical (unpaired) electrons. The fourth-order valence-corrected chi connectivity index (χ4v) is 1.02. The predicted molar refractivity (Wildman–Crippen MR) is 56.1 cm³/mol. The average Bonchev–Trinajstić information content (AvgIpc) is 2.27. The molecule has 5 heteroatoms. The highest BCUT2D eigenvalue weighted by Crippen LogP contribution is 2.00. The molecule has 5 nitrogen and oxygen atoms in total. The summed E-state index contributed by atoms with van der Waals surface area (Å²) in [6.45, 7) is 1.16. The zero-order valence-electron chi connectivity index (χ0n) is 8.72. The molecule has 15 heavy (non-hydrogen) atoms. The van der Waals surface area contributed by atoms with E-state index in [9.17, 15) is 4.79 Å². The van der Waals surface area contributed by atoms with Gasteiger partial charge in [-0.1, -0.05) is 6.07 Å². The number of aromatic nitrogens is 1. The molecule has 0 saturated carbocycles. The van der Waals surface area contributed by atoms with Crippen LogP contribution in [0.25, 0.3) is 0 Å². The van der Waals surface area contributed by atoms with E-state index in [0.717, 1.165) is 5.56 Å². The molecule has 0 fully saturated rings. The fraction of sp³-hybridized carbons (Fsp3) is 0.400. The second-order valence-electron chi connectivity index (χ2n) is 3.13. The van der Waals surface area contributed by atoms with Gasteiger partial charge in [-0.25, -0.2) is 4.79 Å². The molecule has 0 atom stereocenters. The normalized spacial score (nSPS) is 9.73. The number of pyridine rings is 1.